The van der Waals surface area contributed by atoms with Gasteiger partial charge in [-0.25, -0.2) is 17.8 Å². The highest BCUT2D eigenvalue weighted by Gasteiger charge is 2.39. The van der Waals surface area contributed by atoms with Gasteiger partial charge < -0.3 is 24.8 Å². The van der Waals surface area contributed by atoms with E-state index in [1.165, 1.54) is 29.0 Å². The molecular formula is C46H49FN12O6S. The van der Waals surface area contributed by atoms with E-state index in [-0.39, 0.29) is 45.8 Å². The lowest BCUT2D eigenvalue weighted by Crippen LogP contribution is -2.52. The summed E-state index contributed by atoms with van der Waals surface area (Å²) in [6.45, 7) is 10.2. The van der Waals surface area contributed by atoms with Crippen LogP contribution in [0.5, 0.6) is 5.75 Å². The first-order valence-corrected chi connectivity index (χ1v) is 23.7. The van der Waals surface area contributed by atoms with Crippen molar-refractivity contribution in [3.05, 3.63) is 96.3 Å². The average Bonchev–Trinajstić information content (AvgIpc) is 4.07. The maximum Gasteiger partial charge on any atom is 0.255 e. The molecule has 3 saturated heterocycles. The number of aromatic nitrogens is 6. The Balaban J connectivity index is 0.731. The van der Waals surface area contributed by atoms with Crippen molar-refractivity contribution in [2.75, 3.05) is 60.9 Å². The largest absolute Gasteiger partial charge is 0.485 e. The van der Waals surface area contributed by atoms with Crippen molar-refractivity contribution in [1.82, 2.24) is 44.9 Å². The molecule has 3 aromatic heterocycles. The third kappa shape index (κ3) is 8.41. The fourth-order valence-corrected chi connectivity index (χ4v) is 10.7. The van der Waals surface area contributed by atoms with Crippen molar-refractivity contribution in [3.8, 4) is 17.0 Å². The van der Waals surface area contributed by atoms with Crippen LogP contribution in [0.25, 0.3) is 16.9 Å². The van der Waals surface area contributed by atoms with Gasteiger partial charge in [-0.2, -0.15) is 14.6 Å². The number of sulfone groups is 1. The molecular weight excluding hydrogens is 868 g/mol. The van der Waals surface area contributed by atoms with Crippen LogP contribution < -0.4 is 25.2 Å². The van der Waals surface area contributed by atoms with Crippen molar-refractivity contribution < 1.29 is 31.9 Å². The Morgan fingerprint density at radius 1 is 0.909 bits per heavy atom. The predicted octanol–water partition coefficient (Wildman–Crippen LogP) is 4.82. The van der Waals surface area contributed by atoms with E-state index in [2.05, 4.69) is 56.7 Å². The van der Waals surface area contributed by atoms with Crippen molar-refractivity contribution in [2.45, 2.75) is 68.0 Å². The lowest BCUT2D eigenvalue weighted by Gasteiger charge is -2.40. The van der Waals surface area contributed by atoms with Crippen molar-refractivity contribution >= 4 is 56.2 Å². The van der Waals surface area contributed by atoms with E-state index in [1.54, 1.807) is 29.4 Å². The van der Waals surface area contributed by atoms with E-state index in [9.17, 15) is 22.8 Å². The number of anilines is 4. The number of nitrogens with zero attached hydrogens (tertiary/aromatic N) is 9. The average molecular weight is 917 g/mol. The number of carbonyl (C=O) groups is 3. The predicted molar refractivity (Wildman–Crippen MR) is 242 cm³/mol. The molecule has 3 fully saturated rings. The zero-order chi connectivity index (χ0) is 45.7. The Hall–Kier alpha value is -6.93. The number of amides is 3. The highest BCUT2D eigenvalue weighted by Crippen LogP contribution is 2.35. The second-order valence-corrected chi connectivity index (χ2v) is 19.5. The van der Waals surface area contributed by atoms with Gasteiger partial charge in [-0.15, -0.1) is 5.10 Å². The summed E-state index contributed by atoms with van der Waals surface area (Å²) in [5.41, 5.74) is 4.95. The molecule has 4 aliphatic heterocycles. The number of aromatic amines is 1. The molecule has 10 rings (SSSR count). The Kier molecular flexibility index (Phi) is 11.4. The molecule has 0 spiro atoms. The zero-order valence-corrected chi connectivity index (χ0v) is 37.3. The van der Waals surface area contributed by atoms with E-state index in [1.807, 2.05) is 32.0 Å². The second-order valence-electron chi connectivity index (χ2n) is 17.5. The number of piperidine rings is 2. The molecule has 3 N–H and O–H groups in total. The molecule has 6 aromatic rings. The molecule has 4 aliphatic rings. The van der Waals surface area contributed by atoms with Crippen molar-refractivity contribution in [3.63, 3.8) is 0 Å². The van der Waals surface area contributed by atoms with Gasteiger partial charge in [0.1, 0.15) is 23.9 Å². The fraction of sp³-hybridized carbons (Fsp3) is 0.370. The first kappa shape index (κ1) is 43.0. The minimum absolute atomic E-state index is 0.00267. The number of hydrogen-bond acceptors (Lipinski definition) is 14. The van der Waals surface area contributed by atoms with Crippen LogP contribution in [0.15, 0.2) is 89.2 Å². The van der Waals surface area contributed by atoms with Gasteiger partial charge in [-0.1, -0.05) is 6.07 Å². The molecule has 7 heterocycles. The standard InChI is InChI=1S/C46H49FN12O6S/c1-28(2)65-42-41(31-23-49-50-24-31)48-27-59-43(42)53-46(54-59)51-38-9-7-35(22-37(38)47)66(63,64)34-5-3-4-32(21-34)56-14-12-29(13-15-56)25-55-16-18-57(19-17-55)33-6-8-36-30(20-33)26-58(45(36)62)39-10-11-40(60)52-44(39)61/h3-9,20-24,27-29,39H,10-19,25-26H2,1-2H3,(H,49,50)(H,51,54)(H,52,60,61). The highest BCUT2D eigenvalue weighted by molar-refractivity contribution is 7.91. The van der Waals surface area contributed by atoms with Crippen molar-refractivity contribution in [1.29, 1.82) is 0 Å². The van der Waals surface area contributed by atoms with Gasteiger partial charge in [0, 0.05) is 87.5 Å². The van der Waals surface area contributed by atoms with E-state index in [4.69, 9.17) is 4.74 Å². The highest BCUT2D eigenvalue weighted by atomic mass is 32.2. The Bertz CT molecular complexity index is 2950. The molecule has 66 heavy (non-hydrogen) atoms. The maximum atomic E-state index is 15.7. The molecule has 0 saturated carbocycles. The molecule has 1 atom stereocenters. The van der Waals surface area contributed by atoms with Crippen LogP contribution in [0, 0.1) is 11.7 Å². The first-order valence-electron chi connectivity index (χ1n) is 22.2. The van der Waals surface area contributed by atoms with Gasteiger partial charge in [0.2, 0.25) is 33.2 Å². The third-order valence-corrected chi connectivity index (χ3v) is 14.6. The lowest BCUT2D eigenvalue weighted by atomic mass is 9.95. The van der Waals surface area contributed by atoms with E-state index in [0.29, 0.717) is 47.1 Å². The number of imide groups is 1. The van der Waals surface area contributed by atoms with E-state index >= 15 is 4.39 Å². The molecule has 0 radical (unpaired) electrons. The lowest BCUT2D eigenvalue weighted by molar-refractivity contribution is -0.136. The van der Waals surface area contributed by atoms with Gasteiger partial charge in [0.05, 0.1) is 27.8 Å². The van der Waals surface area contributed by atoms with Gasteiger partial charge in [-0.05, 0) is 99.2 Å². The number of fused-ring (bicyclic) bond motifs is 2. The van der Waals surface area contributed by atoms with Gasteiger partial charge in [0.15, 0.2) is 5.75 Å². The summed E-state index contributed by atoms with van der Waals surface area (Å²) >= 11 is 0. The van der Waals surface area contributed by atoms with Crippen LogP contribution in [0.2, 0.25) is 0 Å². The topological polar surface area (TPSA) is 203 Å². The fourth-order valence-electron chi connectivity index (χ4n) is 9.37. The number of rotatable bonds is 12. The SMILES string of the molecule is CC(C)Oc1c(-c2cn[nH]c2)ncn2nc(Nc3ccc(S(=O)(=O)c4cccc(N5CCC(CN6CCN(c7ccc8c(c7)CN(C7CCC(=O)NC7=O)C8=O)CC6)CC5)c4)cc3F)nc12. The van der Waals surface area contributed by atoms with Crippen molar-refractivity contribution in [2.24, 2.45) is 5.92 Å². The number of halogens is 1. The monoisotopic (exact) mass is 916 g/mol. The molecule has 3 aromatic carbocycles. The summed E-state index contributed by atoms with van der Waals surface area (Å²) in [6, 6.07) is 15.9. The normalized spacial score (nSPS) is 18.6. The van der Waals surface area contributed by atoms with Crippen LogP contribution in [0.1, 0.15) is 55.5 Å². The molecule has 1 unspecified atom stereocenters. The van der Waals surface area contributed by atoms with Crippen LogP contribution in [0.4, 0.5) is 27.4 Å². The third-order valence-electron chi connectivity index (χ3n) is 12.8. The summed E-state index contributed by atoms with van der Waals surface area (Å²) in [4.78, 5) is 54.9. The number of hydrogen-bond donors (Lipinski definition) is 3. The first-order chi connectivity index (χ1) is 31.9. The number of ether oxygens (including phenoxy) is 1. The van der Waals surface area contributed by atoms with Crippen LogP contribution in [0.3, 0.4) is 0 Å². The molecule has 0 bridgehead atoms. The molecule has 18 nitrogen and oxygen atoms in total. The van der Waals surface area contributed by atoms with Gasteiger partial charge in [0.25, 0.3) is 5.91 Å². The summed E-state index contributed by atoms with van der Waals surface area (Å²) in [5.74, 6) is -0.709. The summed E-state index contributed by atoms with van der Waals surface area (Å²) in [5, 5.41) is 16.4. The van der Waals surface area contributed by atoms with Gasteiger partial charge >= 0.3 is 0 Å². The minimum atomic E-state index is -4.06. The number of nitrogens with one attached hydrogen (secondary N) is 3. The molecule has 0 aliphatic carbocycles. The Labute approximate surface area is 380 Å². The number of H-pyrrole nitrogens is 1. The smallest absolute Gasteiger partial charge is 0.255 e. The van der Waals surface area contributed by atoms with Crippen LogP contribution in [-0.4, -0.2) is 124 Å². The Morgan fingerprint density at radius 3 is 2.42 bits per heavy atom. The van der Waals surface area contributed by atoms with Crippen LogP contribution in [-0.2, 0) is 26.0 Å². The van der Waals surface area contributed by atoms with E-state index in [0.717, 1.165) is 81.7 Å². The summed E-state index contributed by atoms with van der Waals surface area (Å²) in [6.07, 6.45) is 7.08. The number of piperazine rings is 1. The summed E-state index contributed by atoms with van der Waals surface area (Å²) in [7, 11) is -4.06. The summed E-state index contributed by atoms with van der Waals surface area (Å²) < 4.78 is 51.0. The van der Waals surface area contributed by atoms with Crippen LogP contribution >= 0.6 is 0 Å². The second kappa shape index (κ2) is 17.5. The van der Waals surface area contributed by atoms with Gasteiger partial charge in [-0.3, -0.25) is 29.7 Å². The Morgan fingerprint density at radius 2 is 1.68 bits per heavy atom. The molecule has 20 heteroatoms. The maximum absolute atomic E-state index is 15.7. The zero-order valence-electron chi connectivity index (χ0n) is 36.5. The quantitative estimate of drug-likeness (QED) is 0.141. The number of benzene rings is 3. The molecule has 3 amide bonds. The number of carbonyl (C=O) groups excluding carboxylic acids is 3. The van der Waals surface area contributed by atoms with E-state index < -0.39 is 27.6 Å². The minimum Gasteiger partial charge on any atom is -0.485 e. The molecule has 342 valence electrons.